The summed E-state index contributed by atoms with van der Waals surface area (Å²) in [5, 5.41) is 3.39. The van der Waals surface area contributed by atoms with Crippen LogP contribution in [0, 0.1) is 12.8 Å². The minimum atomic E-state index is 0.395. The van der Waals surface area contributed by atoms with E-state index in [9.17, 15) is 0 Å². The van der Waals surface area contributed by atoms with Gasteiger partial charge in [-0.15, -0.1) is 0 Å². The van der Waals surface area contributed by atoms with Crippen LogP contribution in [0.15, 0.2) is 16.7 Å². The summed E-state index contributed by atoms with van der Waals surface area (Å²) in [6.07, 6.45) is 11.5. The molecule has 1 aliphatic rings. The van der Waals surface area contributed by atoms with E-state index in [0.29, 0.717) is 6.04 Å². The zero-order valence-corrected chi connectivity index (χ0v) is 11.2. The van der Waals surface area contributed by atoms with Crippen LogP contribution in [0.1, 0.15) is 62.3 Å². The molecule has 96 valence electrons. The third-order valence-electron chi connectivity index (χ3n) is 4.15. The zero-order chi connectivity index (χ0) is 12.1. The standard InChI is InChI=1S/C15H25NO/c1-12-10-11-17-15(12)14(16-2)9-8-13-6-4-3-5-7-13/h10-11,13-14,16H,3-9H2,1-2H3. The molecule has 1 aliphatic carbocycles. The Morgan fingerprint density at radius 2 is 2.12 bits per heavy atom. The van der Waals surface area contributed by atoms with Crippen molar-refractivity contribution in [3.05, 3.63) is 23.7 Å². The van der Waals surface area contributed by atoms with E-state index in [4.69, 9.17) is 4.42 Å². The molecule has 0 saturated heterocycles. The molecule has 1 N–H and O–H groups in total. The molecule has 2 heteroatoms. The first kappa shape index (κ1) is 12.7. The van der Waals surface area contributed by atoms with Gasteiger partial charge in [0.1, 0.15) is 5.76 Å². The first-order chi connectivity index (χ1) is 8.31. The van der Waals surface area contributed by atoms with Gasteiger partial charge in [0.2, 0.25) is 0 Å². The molecule has 1 saturated carbocycles. The van der Waals surface area contributed by atoms with Crippen LogP contribution in [0.25, 0.3) is 0 Å². The molecule has 1 unspecified atom stereocenters. The Kier molecular flexibility index (Phi) is 4.66. The maximum atomic E-state index is 5.59. The van der Waals surface area contributed by atoms with Crippen LogP contribution in [-0.4, -0.2) is 7.05 Å². The molecule has 2 rings (SSSR count). The van der Waals surface area contributed by atoms with E-state index in [0.717, 1.165) is 11.7 Å². The summed E-state index contributed by atoms with van der Waals surface area (Å²) < 4.78 is 5.59. The van der Waals surface area contributed by atoms with Gasteiger partial charge in [0.25, 0.3) is 0 Å². The van der Waals surface area contributed by atoms with Crippen LogP contribution in [0.4, 0.5) is 0 Å². The summed E-state index contributed by atoms with van der Waals surface area (Å²) in [7, 11) is 2.04. The molecule has 1 aromatic heterocycles. The van der Waals surface area contributed by atoms with Gasteiger partial charge in [-0.3, -0.25) is 0 Å². The molecule has 1 heterocycles. The summed E-state index contributed by atoms with van der Waals surface area (Å²) in [5.41, 5.74) is 1.27. The van der Waals surface area contributed by atoms with Crippen molar-refractivity contribution in [2.75, 3.05) is 7.05 Å². The van der Waals surface area contributed by atoms with Gasteiger partial charge in [-0.1, -0.05) is 32.1 Å². The molecule has 1 fully saturated rings. The maximum Gasteiger partial charge on any atom is 0.123 e. The molecule has 2 nitrogen and oxygen atoms in total. The number of furan rings is 1. The molecule has 0 radical (unpaired) electrons. The molecule has 1 aromatic rings. The lowest BCUT2D eigenvalue weighted by molar-refractivity contribution is 0.305. The number of rotatable bonds is 5. The number of nitrogens with one attached hydrogen (secondary N) is 1. The predicted molar refractivity (Wildman–Crippen MR) is 71.1 cm³/mol. The van der Waals surface area contributed by atoms with E-state index >= 15 is 0 Å². The Labute approximate surface area is 105 Å². The fraction of sp³-hybridized carbons (Fsp3) is 0.733. The van der Waals surface area contributed by atoms with Crippen molar-refractivity contribution >= 4 is 0 Å². The normalized spacial score (nSPS) is 19.4. The van der Waals surface area contributed by atoms with Gasteiger partial charge in [-0.2, -0.15) is 0 Å². The van der Waals surface area contributed by atoms with Crippen LogP contribution in [-0.2, 0) is 0 Å². The minimum absolute atomic E-state index is 0.395. The predicted octanol–water partition coefficient (Wildman–Crippen LogP) is 4.21. The molecule has 0 aromatic carbocycles. The Bertz CT molecular complexity index is 325. The van der Waals surface area contributed by atoms with Gasteiger partial charge in [0.15, 0.2) is 0 Å². The lowest BCUT2D eigenvalue weighted by atomic mass is 9.85. The van der Waals surface area contributed by atoms with Gasteiger partial charge >= 0.3 is 0 Å². The first-order valence-electron chi connectivity index (χ1n) is 7.02. The fourth-order valence-corrected chi connectivity index (χ4v) is 3.03. The first-order valence-corrected chi connectivity index (χ1v) is 7.02. The average Bonchev–Trinajstić information content (AvgIpc) is 2.78. The Morgan fingerprint density at radius 3 is 2.71 bits per heavy atom. The molecule has 1 atom stereocenters. The largest absolute Gasteiger partial charge is 0.467 e. The Hall–Kier alpha value is -0.760. The van der Waals surface area contributed by atoms with Crippen molar-refractivity contribution in [1.29, 1.82) is 0 Å². The fourth-order valence-electron chi connectivity index (χ4n) is 3.03. The van der Waals surface area contributed by atoms with Crippen LogP contribution >= 0.6 is 0 Å². The molecular weight excluding hydrogens is 210 g/mol. The SMILES string of the molecule is CNC(CCC1CCCCC1)c1occc1C. The van der Waals surface area contributed by atoms with Crippen LogP contribution < -0.4 is 5.32 Å². The third-order valence-corrected chi connectivity index (χ3v) is 4.15. The van der Waals surface area contributed by atoms with Crippen LogP contribution in [0.5, 0.6) is 0 Å². The van der Waals surface area contributed by atoms with Gasteiger partial charge in [0, 0.05) is 0 Å². The summed E-state index contributed by atoms with van der Waals surface area (Å²) in [6.45, 7) is 2.13. The highest BCUT2D eigenvalue weighted by Gasteiger charge is 2.19. The highest BCUT2D eigenvalue weighted by Crippen LogP contribution is 2.31. The van der Waals surface area contributed by atoms with Crippen molar-refractivity contribution < 1.29 is 4.42 Å². The highest BCUT2D eigenvalue weighted by molar-refractivity contribution is 5.18. The highest BCUT2D eigenvalue weighted by atomic mass is 16.3. The summed E-state index contributed by atoms with van der Waals surface area (Å²) in [4.78, 5) is 0. The number of hydrogen-bond donors (Lipinski definition) is 1. The summed E-state index contributed by atoms with van der Waals surface area (Å²) in [5.74, 6) is 2.08. The van der Waals surface area contributed by atoms with Gasteiger partial charge in [0.05, 0.1) is 12.3 Å². The average molecular weight is 235 g/mol. The van der Waals surface area contributed by atoms with Crippen molar-refractivity contribution in [2.24, 2.45) is 5.92 Å². The molecular formula is C15H25NO. The quantitative estimate of drug-likeness (QED) is 0.827. The topological polar surface area (TPSA) is 25.2 Å². The second-order valence-corrected chi connectivity index (χ2v) is 5.39. The minimum Gasteiger partial charge on any atom is -0.467 e. The van der Waals surface area contributed by atoms with E-state index in [1.54, 1.807) is 6.26 Å². The van der Waals surface area contributed by atoms with E-state index in [-0.39, 0.29) is 0 Å². The van der Waals surface area contributed by atoms with E-state index < -0.39 is 0 Å². The van der Waals surface area contributed by atoms with Gasteiger partial charge in [-0.25, -0.2) is 0 Å². The Morgan fingerprint density at radius 1 is 1.35 bits per heavy atom. The van der Waals surface area contributed by atoms with Gasteiger partial charge in [-0.05, 0) is 44.4 Å². The maximum absolute atomic E-state index is 5.59. The monoisotopic (exact) mass is 235 g/mol. The molecule has 17 heavy (non-hydrogen) atoms. The van der Waals surface area contributed by atoms with E-state index in [2.05, 4.69) is 18.3 Å². The van der Waals surface area contributed by atoms with Crippen LogP contribution in [0.2, 0.25) is 0 Å². The lowest BCUT2D eigenvalue weighted by Gasteiger charge is -2.23. The van der Waals surface area contributed by atoms with Crippen molar-refractivity contribution in [3.63, 3.8) is 0 Å². The summed E-state index contributed by atoms with van der Waals surface area (Å²) in [6, 6.07) is 2.45. The molecule has 0 bridgehead atoms. The second-order valence-electron chi connectivity index (χ2n) is 5.39. The van der Waals surface area contributed by atoms with Crippen molar-refractivity contribution in [2.45, 2.75) is 57.9 Å². The number of aryl methyl sites for hydroxylation is 1. The van der Waals surface area contributed by atoms with Gasteiger partial charge < -0.3 is 9.73 Å². The lowest BCUT2D eigenvalue weighted by Crippen LogP contribution is -2.18. The van der Waals surface area contributed by atoms with Crippen molar-refractivity contribution in [3.8, 4) is 0 Å². The third kappa shape index (κ3) is 3.35. The molecule has 0 aliphatic heterocycles. The van der Waals surface area contributed by atoms with E-state index in [1.165, 1.54) is 50.5 Å². The molecule has 0 spiro atoms. The smallest absolute Gasteiger partial charge is 0.123 e. The number of hydrogen-bond acceptors (Lipinski definition) is 2. The molecule has 0 amide bonds. The zero-order valence-electron chi connectivity index (χ0n) is 11.2. The second kappa shape index (κ2) is 6.25. The van der Waals surface area contributed by atoms with E-state index in [1.807, 2.05) is 7.05 Å². The van der Waals surface area contributed by atoms with Crippen molar-refractivity contribution in [1.82, 2.24) is 5.32 Å². The Balaban J connectivity index is 1.85. The summed E-state index contributed by atoms with van der Waals surface area (Å²) >= 11 is 0. The van der Waals surface area contributed by atoms with Crippen LogP contribution in [0.3, 0.4) is 0 Å².